The van der Waals surface area contributed by atoms with Gasteiger partial charge >= 0.3 is 0 Å². The van der Waals surface area contributed by atoms with Crippen molar-refractivity contribution in [1.82, 2.24) is 5.32 Å². The number of carbonyl (C=O) groups is 1. The van der Waals surface area contributed by atoms with Gasteiger partial charge in [0.15, 0.2) is 0 Å². The number of rotatable bonds is 4. The SMILES string of the molecule is Cc1ccccc1C(=O)NCCC1(C)c2cc(O)ccc2CCC1C. The molecule has 2 aromatic rings. The van der Waals surface area contributed by atoms with E-state index in [0.717, 1.165) is 30.4 Å². The molecule has 1 amide bonds. The number of phenolic OH excluding ortho intramolecular Hbond substituents is 1. The molecular weight excluding hydrogens is 310 g/mol. The van der Waals surface area contributed by atoms with E-state index in [1.165, 1.54) is 11.1 Å². The number of phenols is 1. The molecule has 0 aromatic heterocycles. The second kappa shape index (κ2) is 6.91. The largest absolute Gasteiger partial charge is 0.508 e. The first-order valence-corrected chi connectivity index (χ1v) is 9.08. The maximum Gasteiger partial charge on any atom is 0.251 e. The summed E-state index contributed by atoms with van der Waals surface area (Å²) >= 11 is 0. The first-order chi connectivity index (χ1) is 11.9. The number of aryl methyl sites for hydroxylation is 2. The fourth-order valence-corrected chi connectivity index (χ4v) is 4.01. The zero-order valence-corrected chi connectivity index (χ0v) is 15.3. The van der Waals surface area contributed by atoms with Gasteiger partial charge in [-0.3, -0.25) is 4.79 Å². The standard InChI is InChI=1S/C22H27NO2/c1-15-6-4-5-7-19(15)21(25)23-13-12-22(3)16(2)8-9-17-10-11-18(24)14-20(17)22/h4-7,10-11,14,16,24H,8-9,12-13H2,1-3H3,(H,23,25). The smallest absolute Gasteiger partial charge is 0.251 e. The van der Waals surface area contributed by atoms with Gasteiger partial charge < -0.3 is 10.4 Å². The van der Waals surface area contributed by atoms with E-state index >= 15 is 0 Å². The van der Waals surface area contributed by atoms with E-state index in [-0.39, 0.29) is 11.3 Å². The summed E-state index contributed by atoms with van der Waals surface area (Å²) in [4.78, 5) is 12.4. The van der Waals surface area contributed by atoms with Crippen LogP contribution in [0.15, 0.2) is 42.5 Å². The minimum Gasteiger partial charge on any atom is -0.508 e. The van der Waals surface area contributed by atoms with Crippen molar-refractivity contribution < 1.29 is 9.90 Å². The molecule has 2 atom stereocenters. The fourth-order valence-electron chi connectivity index (χ4n) is 4.01. The van der Waals surface area contributed by atoms with Gasteiger partial charge in [-0.2, -0.15) is 0 Å². The lowest BCUT2D eigenvalue weighted by Gasteiger charge is -2.42. The fraction of sp³-hybridized carbons (Fsp3) is 0.409. The van der Waals surface area contributed by atoms with E-state index in [4.69, 9.17) is 0 Å². The molecule has 2 unspecified atom stereocenters. The van der Waals surface area contributed by atoms with Crippen LogP contribution in [0.2, 0.25) is 0 Å². The van der Waals surface area contributed by atoms with Gasteiger partial charge in [-0.05, 0) is 72.4 Å². The van der Waals surface area contributed by atoms with Crippen LogP contribution in [0.3, 0.4) is 0 Å². The van der Waals surface area contributed by atoms with Crippen LogP contribution in [0.5, 0.6) is 5.75 Å². The number of nitrogens with one attached hydrogen (secondary N) is 1. The zero-order chi connectivity index (χ0) is 18.0. The zero-order valence-electron chi connectivity index (χ0n) is 15.3. The van der Waals surface area contributed by atoms with Crippen LogP contribution in [-0.4, -0.2) is 17.6 Å². The van der Waals surface area contributed by atoms with Crippen LogP contribution < -0.4 is 5.32 Å². The number of hydrogen-bond acceptors (Lipinski definition) is 2. The summed E-state index contributed by atoms with van der Waals surface area (Å²) < 4.78 is 0. The van der Waals surface area contributed by atoms with E-state index in [9.17, 15) is 9.90 Å². The predicted molar refractivity (Wildman–Crippen MR) is 101 cm³/mol. The lowest BCUT2D eigenvalue weighted by molar-refractivity contribution is 0.0947. The summed E-state index contributed by atoms with van der Waals surface area (Å²) in [6, 6.07) is 13.4. The molecule has 0 aliphatic heterocycles. The maximum absolute atomic E-state index is 12.4. The van der Waals surface area contributed by atoms with Crippen molar-refractivity contribution in [3.63, 3.8) is 0 Å². The summed E-state index contributed by atoms with van der Waals surface area (Å²) in [5.74, 6) is 0.821. The molecule has 3 rings (SSSR count). The molecule has 0 bridgehead atoms. The van der Waals surface area contributed by atoms with Crippen molar-refractivity contribution in [3.8, 4) is 5.75 Å². The van der Waals surface area contributed by atoms with Crippen LogP contribution in [0.1, 0.15) is 53.7 Å². The summed E-state index contributed by atoms with van der Waals surface area (Å²) in [6.07, 6.45) is 3.06. The van der Waals surface area contributed by atoms with Crippen molar-refractivity contribution in [2.24, 2.45) is 5.92 Å². The third kappa shape index (κ3) is 3.41. The summed E-state index contributed by atoms with van der Waals surface area (Å²) in [6.45, 7) is 7.12. The minimum absolute atomic E-state index is 0.0127. The Morgan fingerprint density at radius 2 is 2.04 bits per heavy atom. The lowest BCUT2D eigenvalue weighted by Crippen LogP contribution is -2.39. The van der Waals surface area contributed by atoms with Crippen molar-refractivity contribution in [2.45, 2.75) is 45.4 Å². The first-order valence-electron chi connectivity index (χ1n) is 9.08. The van der Waals surface area contributed by atoms with Gasteiger partial charge in [0.2, 0.25) is 0 Å². The van der Waals surface area contributed by atoms with Gasteiger partial charge in [0.1, 0.15) is 5.75 Å². The molecule has 2 aromatic carbocycles. The Morgan fingerprint density at radius 1 is 1.28 bits per heavy atom. The highest BCUT2D eigenvalue weighted by Gasteiger charge is 2.37. The van der Waals surface area contributed by atoms with Crippen LogP contribution >= 0.6 is 0 Å². The van der Waals surface area contributed by atoms with Crippen molar-refractivity contribution in [2.75, 3.05) is 6.54 Å². The predicted octanol–water partition coefficient (Wildman–Crippen LogP) is 4.36. The normalized spacial score (nSPS) is 22.3. The average Bonchev–Trinajstić information content (AvgIpc) is 2.59. The molecule has 3 nitrogen and oxygen atoms in total. The van der Waals surface area contributed by atoms with Crippen molar-refractivity contribution in [1.29, 1.82) is 0 Å². The summed E-state index contributed by atoms with van der Waals surface area (Å²) in [5.41, 5.74) is 4.25. The Kier molecular flexibility index (Phi) is 4.85. The molecule has 3 heteroatoms. The van der Waals surface area contributed by atoms with Gasteiger partial charge in [0.05, 0.1) is 0 Å². The van der Waals surface area contributed by atoms with E-state index in [1.807, 2.05) is 43.3 Å². The van der Waals surface area contributed by atoms with Gasteiger partial charge in [0, 0.05) is 12.1 Å². The van der Waals surface area contributed by atoms with E-state index in [0.29, 0.717) is 18.2 Å². The molecule has 1 aliphatic rings. The van der Waals surface area contributed by atoms with Gasteiger partial charge in [-0.15, -0.1) is 0 Å². The lowest BCUT2D eigenvalue weighted by atomic mass is 9.63. The molecule has 0 spiro atoms. The Morgan fingerprint density at radius 3 is 2.80 bits per heavy atom. The second-order valence-electron chi connectivity index (χ2n) is 7.52. The first kappa shape index (κ1) is 17.5. The molecule has 0 heterocycles. The molecule has 0 fully saturated rings. The average molecular weight is 337 g/mol. The molecule has 0 saturated carbocycles. The molecule has 1 aliphatic carbocycles. The molecule has 2 N–H and O–H groups in total. The van der Waals surface area contributed by atoms with Crippen molar-refractivity contribution >= 4 is 5.91 Å². The maximum atomic E-state index is 12.4. The van der Waals surface area contributed by atoms with Crippen LogP contribution in [0.25, 0.3) is 0 Å². The Hall–Kier alpha value is -2.29. The number of aromatic hydroxyl groups is 1. The van der Waals surface area contributed by atoms with Crippen LogP contribution in [0, 0.1) is 12.8 Å². The number of carbonyl (C=O) groups excluding carboxylic acids is 1. The molecule has 0 radical (unpaired) electrons. The molecule has 132 valence electrons. The Labute approximate surface area is 150 Å². The van der Waals surface area contributed by atoms with E-state index in [2.05, 4.69) is 19.2 Å². The highest BCUT2D eigenvalue weighted by atomic mass is 16.3. The number of hydrogen-bond donors (Lipinski definition) is 2. The third-order valence-corrected chi connectivity index (χ3v) is 5.96. The Balaban J connectivity index is 1.73. The van der Waals surface area contributed by atoms with Gasteiger partial charge in [0.25, 0.3) is 5.91 Å². The molecule has 0 saturated heterocycles. The van der Waals surface area contributed by atoms with Gasteiger partial charge in [-0.1, -0.05) is 38.1 Å². The van der Waals surface area contributed by atoms with Gasteiger partial charge in [-0.25, -0.2) is 0 Å². The van der Waals surface area contributed by atoms with E-state index < -0.39 is 0 Å². The molecule has 25 heavy (non-hydrogen) atoms. The number of amides is 1. The van der Waals surface area contributed by atoms with Crippen molar-refractivity contribution in [3.05, 3.63) is 64.7 Å². The van der Waals surface area contributed by atoms with Crippen LogP contribution in [0.4, 0.5) is 0 Å². The van der Waals surface area contributed by atoms with Crippen LogP contribution in [-0.2, 0) is 11.8 Å². The highest BCUT2D eigenvalue weighted by molar-refractivity contribution is 5.95. The van der Waals surface area contributed by atoms with E-state index in [1.54, 1.807) is 6.07 Å². The second-order valence-corrected chi connectivity index (χ2v) is 7.52. The summed E-state index contributed by atoms with van der Waals surface area (Å²) in [5, 5.41) is 13.0. The third-order valence-electron chi connectivity index (χ3n) is 5.96. The highest BCUT2D eigenvalue weighted by Crippen LogP contribution is 2.44. The number of benzene rings is 2. The topological polar surface area (TPSA) is 49.3 Å². The quantitative estimate of drug-likeness (QED) is 0.871. The minimum atomic E-state index is -0.0364. The monoisotopic (exact) mass is 337 g/mol. The number of fused-ring (bicyclic) bond motifs is 1. The Bertz CT molecular complexity index is 783. The summed E-state index contributed by atoms with van der Waals surface area (Å²) in [7, 11) is 0. The molecular formula is C22H27NO2.